The minimum atomic E-state index is -0.247. The van der Waals surface area contributed by atoms with E-state index >= 15 is 0 Å². The van der Waals surface area contributed by atoms with Crippen molar-refractivity contribution in [2.45, 2.75) is 19.8 Å². The molecule has 2 aliphatic rings. The number of ether oxygens (including phenoxy) is 3. The molecule has 0 atom stereocenters. The molecule has 0 bridgehead atoms. The molecule has 9 heteroatoms. The summed E-state index contributed by atoms with van der Waals surface area (Å²) in [5.41, 5.74) is 3.25. The molecule has 0 aliphatic carbocycles. The Morgan fingerprint density at radius 3 is 2.35 bits per heavy atom. The average Bonchev–Trinajstić information content (AvgIpc) is 3.31. The Kier molecular flexibility index (Phi) is 6.18. The number of morpholine rings is 1. The van der Waals surface area contributed by atoms with E-state index in [1.54, 1.807) is 18.2 Å². The van der Waals surface area contributed by atoms with Crippen LogP contribution in [0.1, 0.15) is 18.4 Å². The number of benzene rings is 2. The fraction of sp³-hybridized carbons (Fsp3) is 0.320. The molecule has 5 rings (SSSR count). The van der Waals surface area contributed by atoms with Crippen molar-refractivity contribution in [3.8, 4) is 11.5 Å². The van der Waals surface area contributed by atoms with Gasteiger partial charge < -0.3 is 29.7 Å². The third kappa shape index (κ3) is 4.89. The van der Waals surface area contributed by atoms with Crippen LogP contribution in [0.5, 0.6) is 11.5 Å². The standard InChI is InChI=1S/C25H26N4O5/c1-16-12-23(29-8-10-32-11-9-29)28-20-4-2-17(13-19(16)20)26-24(30)6-7-25(31)27-18-3-5-21-22(14-18)34-15-33-21/h2-5,12-14H,6-11,15H2,1H3,(H,26,30)(H,27,31). The topological polar surface area (TPSA) is 102 Å². The Balaban J connectivity index is 1.17. The summed E-state index contributed by atoms with van der Waals surface area (Å²) in [6.07, 6.45) is 0.138. The zero-order valence-electron chi connectivity index (χ0n) is 18.9. The van der Waals surface area contributed by atoms with Gasteiger partial charge in [0.05, 0.1) is 18.7 Å². The third-order valence-corrected chi connectivity index (χ3v) is 5.86. The summed E-state index contributed by atoms with van der Waals surface area (Å²) in [5, 5.41) is 6.64. The molecule has 34 heavy (non-hydrogen) atoms. The third-order valence-electron chi connectivity index (χ3n) is 5.86. The van der Waals surface area contributed by atoms with Crippen molar-refractivity contribution >= 4 is 39.9 Å². The molecule has 1 saturated heterocycles. The molecular weight excluding hydrogens is 436 g/mol. The molecular formula is C25H26N4O5. The van der Waals surface area contributed by atoms with Crippen LogP contribution in [-0.4, -0.2) is 49.9 Å². The van der Waals surface area contributed by atoms with Crippen molar-refractivity contribution in [3.05, 3.63) is 48.0 Å². The Bertz CT molecular complexity index is 1240. The van der Waals surface area contributed by atoms with Gasteiger partial charge in [-0.3, -0.25) is 9.59 Å². The van der Waals surface area contributed by atoms with Crippen molar-refractivity contribution < 1.29 is 23.8 Å². The number of amides is 2. The number of carbonyl (C=O) groups is 2. The van der Waals surface area contributed by atoms with Crippen LogP contribution < -0.4 is 25.0 Å². The van der Waals surface area contributed by atoms with Crippen LogP contribution in [0.4, 0.5) is 17.2 Å². The molecule has 1 aromatic heterocycles. The summed E-state index contributed by atoms with van der Waals surface area (Å²) in [7, 11) is 0. The van der Waals surface area contributed by atoms with Crippen LogP contribution in [0.15, 0.2) is 42.5 Å². The largest absolute Gasteiger partial charge is 0.454 e. The number of nitrogens with one attached hydrogen (secondary N) is 2. The van der Waals surface area contributed by atoms with E-state index in [4.69, 9.17) is 19.2 Å². The molecule has 0 spiro atoms. The van der Waals surface area contributed by atoms with Gasteiger partial charge in [0.1, 0.15) is 5.82 Å². The summed E-state index contributed by atoms with van der Waals surface area (Å²) >= 11 is 0. The zero-order valence-corrected chi connectivity index (χ0v) is 18.9. The number of aromatic nitrogens is 1. The van der Waals surface area contributed by atoms with Crippen molar-refractivity contribution in [2.24, 2.45) is 0 Å². The van der Waals surface area contributed by atoms with Crippen LogP contribution in [-0.2, 0) is 14.3 Å². The van der Waals surface area contributed by atoms with Crippen molar-refractivity contribution in [1.29, 1.82) is 0 Å². The second kappa shape index (κ2) is 9.56. The normalized spacial score (nSPS) is 14.8. The van der Waals surface area contributed by atoms with Gasteiger partial charge in [0.25, 0.3) is 0 Å². The maximum absolute atomic E-state index is 12.4. The van der Waals surface area contributed by atoms with Gasteiger partial charge in [-0.15, -0.1) is 0 Å². The quantitative estimate of drug-likeness (QED) is 0.578. The first-order chi connectivity index (χ1) is 16.5. The van der Waals surface area contributed by atoms with Crippen molar-refractivity contribution in [2.75, 3.05) is 48.6 Å². The second-order valence-electron chi connectivity index (χ2n) is 8.29. The molecule has 3 heterocycles. The zero-order chi connectivity index (χ0) is 23.5. The van der Waals surface area contributed by atoms with Crippen LogP contribution in [0.25, 0.3) is 10.9 Å². The minimum absolute atomic E-state index is 0.0668. The maximum Gasteiger partial charge on any atom is 0.231 e. The van der Waals surface area contributed by atoms with Crippen molar-refractivity contribution in [3.63, 3.8) is 0 Å². The maximum atomic E-state index is 12.4. The first kappa shape index (κ1) is 22.0. The Morgan fingerprint density at radius 1 is 0.912 bits per heavy atom. The van der Waals surface area contributed by atoms with E-state index in [0.717, 1.165) is 35.4 Å². The summed E-state index contributed by atoms with van der Waals surface area (Å²) in [6, 6.07) is 12.9. The molecule has 9 nitrogen and oxygen atoms in total. The van der Waals surface area contributed by atoms with E-state index in [2.05, 4.69) is 21.6 Å². The molecule has 0 radical (unpaired) electrons. The fourth-order valence-corrected chi connectivity index (χ4v) is 4.06. The predicted octanol–water partition coefficient (Wildman–Crippen LogP) is 3.47. The van der Waals surface area contributed by atoms with E-state index < -0.39 is 0 Å². The van der Waals surface area contributed by atoms with E-state index in [-0.39, 0.29) is 31.4 Å². The first-order valence-corrected chi connectivity index (χ1v) is 11.3. The number of aryl methyl sites for hydroxylation is 1. The van der Waals surface area contributed by atoms with Crippen LogP contribution in [0.3, 0.4) is 0 Å². The van der Waals surface area contributed by atoms with Gasteiger partial charge in [0.15, 0.2) is 11.5 Å². The fourth-order valence-electron chi connectivity index (χ4n) is 4.06. The highest BCUT2D eigenvalue weighted by atomic mass is 16.7. The summed E-state index contributed by atoms with van der Waals surface area (Å²) in [6.45, 7) is 5.28. The monoisotopic (exact) mass is 462 g/mol. The second-order valence-corrected chi connectivity index (χ2v) is 8.29. The number of anilines is 3. The number of nitrogens with zero attached hydrogens (tertiary/aromatic N) is 2. The molecule has 2 N–H and O–H groups in total. The molecule has 176 valence electrons. The number of hydrogen-bond donors (Lipinski definition) is 2. The number of pyridine rings is 1. The molecule has 2 aliphatic heterocycles. The molecule has 2 amide bonds. The van der Waals surface area contributed by atoms with Crippen LogP contribution in [0.2, 0.25) is 0 Å². The highest BCUT2D eigenvalue weighted by molar-refractivity contribution is 5.98. The van der Waals surface area contributed by atoms with E-state index in [1.165, 1.54) is 0 Å². The van der Waals surface area contributed by atoms with Gasteiger partial charge in [-0.1, -0.05) is 0 Å². The Hall–Kier alpha value is -3.85. The van der Waals surface area contributed by atoms with E-state index in [9.17, 15) is 9.59 Å². The van der Waals surface area contributed by atoms with Gasteiger partial charge in [-0.25, -0.2) is 4.98 Å². The van der Waals surface area contributed by atoms with E-state index in [1.807, 2.05) is 25.1 Å². The summed E-state index contributed by atoms with van der Waals surface area (Å²) in [5.74, 6) is 1.71. The number of rotatable bonds is 6. The molecule has 1 fully saturated rings. The summed E-state index contributed by atoms with van der Waals surface area (Å²) < 4.78 is 16.0. The SMILES string of the molecule is Cc1cc(N2CCOCC2)nc2ccc(NC(=O)CCC(=O)Nc3ccc4c(c3)OCO4)cc12. The number of hydrogen-bond acceptors (Lipinski definition) is 7. The lowest BCUT2D eigenvalue weighted by molar-refractivity contribution is -0.121. The predicted molar refractivity (Wildman–Crippen MR) is 129 cm³/mol. The minimum Gasteiger partial charge on any atom is -0.454 e. The first-order valence-electron chi connectivity index (χ1n) is 11.3. The lowest BCUT2D eigenvalue weighted by Crippen LogP contribution is -2.36. The number of fused-ring (bicyclic) bond motifs is 2. The van der Waals surface area contributed by atoms with Crippen LogP contribution >= 0.6 is 0 Å². The lowest BCUT2D eigenvalue weighted by atomic mass is 10.1. The van der Waals surface area contributed by atoms with Gasteiger partial charge in [0, 0.05) is 48.8 Å². The van der Waals surface area contributed by atoms with Crippen molar-refractivity contribution in [1.82, 2.24) is 4.98 Å². The van der Waals surface area contributed by atoms with Gasteiger partial charge in [0.2, 0.25) is 18.6 Å². The smallest absolute Gasteiger partial charge is 0.231 e. The Labute approximate surface area is 197 Å². The van der Waals surface area contributed by atoms with Gasteiger partial charge in [-0.05, 0) is 48.9 Å². The van der Waals surface area contributed by atoms with Gasteiger partial charge >= 0.3 is 0 Å². The Morgan fingerprint density at radius 2 is 1.59 bits per heavy atom. The molecule has 2 aromatic carbocycles. The summed E-state index contributed by atoms with van der Waals surface area (Å²) in [4.78, 5) is 31.7. The van der Waals surface area contributed by atoms with Gasteiger partial charge in [-0.2, -0.15) is 0 Å². The number of carbonyl (C=O) groups excluding carboxylic acids is 2. The van der Waals surface area contributed by atoms with E-state index in [0.29, 0.717) is 36.1 Å². The average molecular weight is 463 g/mol. The molecule has 0 unspecified atom stereocenters. The van der Waals surface area contributed by atoms with Crippen LogP contribution in [0, 0.1) is 6.92 Å². The molecule has 0 saturated carbocycles. The highest BCUT2D eigenvalue weighted by Crippen LogP contribution is 2.34. The highest BCUT2D eigenvalue weighted by Gasteiger charge is 2.16. The molecule has 3 aromatic rings. The lowest BCUT2D eigenvalue weighted by Gasteiger charge is -2.28.